The van der Waals surface area contributed by atoms with Gasteiger partial charge in [0, 0.05) is 18.2 Å². The molecule has 3 atom stereocenters. The van der Waals surface area contributed by atoms with Gasteiger partial charge in [0.05, 0.1) is 0 Å². The predicted molar refractivity (Wildman–Crippen MR) is 108 cm³/mol. The summed E-state index contributed by atoms with van der Waals surface area (Å²) >= 11 is 1.11. The molecule has 2 aliphatic heterocycles. The molecule has 0 saturated carbocycles. The quantitative estimate of drug-likeness (QED) is 0.187. The van der Waals surface area contributed by atoms with Crippen LogP contribution in [0.5, 0.6) is 0 Å². The lowest BCUT2D eigenvalue weighted by molar-refractivity contribution is -0.149. The number of aliphatic carboxylic acids is 1. The minimum absolute atomic E-state index is 0.0512. The van der Waals surface area contributed by atoms with Crippen LogP contribution in [0.4, 0.5) is 0 Å². The van der Waals surface area contributed by atoms with Crippen molar-refractivity contribution in [3.05, 3.63) is 46.9 Å². The molecule has 1 saturated heterocycles. The van der Waals surface area contributed by atoms with Crippen molar-refractivity contribution in [3.63, 3.8) is 0 Å². The Labute approximate surface area is 180 Å². The molecule has 11 nitrogen and oxygen atoms in total. The zero-order chi connectivity index (χ0) is 22.9. The van der Waals surface area contributed by atoms with E-state index < -0.39 is 54.1 Å². The van der Waals surface area contributed by atoms with E-state index in [2.05, 4.69) is 5.32 Å². The molecule has 166 valence electrons. The van der Waals surface area contributed by atoms with E-state index in [0.717, 1.165) is 23.6 Å². The monoisotopic (exact) mass is 470 g/mol. The van der Waals surface area contributed by atoms with Gasteiger partial charge in [-0.15, -0.1) is 11.8 Å². The van der Waals surface area contributed by atoms with Crippen LogP contribution in [0.15, 0.2) is 41.3 Å². The van der Waals surface area contributed by atoms with Crippen LogP contribution in [0, 0.1) is 0 Å². The van der Waals surface area contributed by atoms with Crippen molar-refractivity contribution < 1.29 is 43.4 Å². The number of hydrogen-bond donors (Lipinski definition) is 4. The lowest BCUT2D eigenvalue weighted by Crippen LogP contribution is -2.70. The predicted octanol–water partition coefficient (Wildman–Crippen LogP) is 0.207. The number of rotatable bonds is 7. The highest BCUT2D eigenvalue weighted by atomic mass is 32.2. The van der Waals surface area contributed by atoms with Crippen LogP contribution in [0.2, 0.25) is 0 Å². The molecule has 0 radical (unpaired) electrons. The van der Waals surface area contributed by atoms with Gasteiger partial charge in [-0.25, -0.2) is 0 Å². The number of fused-ring (bicyclic) bond motifs is 1. The van der Waals surface area contributed by atoms with Crippen molar-refractivity contribution in [2.75, 3.05) is 12.4 Å². The zero-order valence-corrected chi connectivity index (χ0v) is 17.8. The summed E-state index contributed by atoms with van der Waals surface area (Å²) in [6.45, 7) is 0.758. The van der Waals surface area contributed by atoms with Gasteiger partial charge in [0.1, 0.15) is 23.5 Å². The molecule has 13 heteroatoms. The molecule has 3 rings (SSSR count). The van der Waals surface area contributed by atoms with E-state index in [0.29, 0.717) is 0 Å². The van der Waals surface area contributed by atoms with Crippen LogP contribution in [0.3, 0.4) is 0 Å². The maximum atomic E-state index is 12.7. The third kappa shape index (κ3) is 4.67. The first-order valence-electron chi connectivity index (χ1n) is 8.96. The van der Waals surface area contributed by atoms with Gasteiger partial charge in [-0.2, -0.15) is 0 Å². The average Bonchev–Trinajstić information content (AvgIpc) is 2.69. The first kappa shape index (κ1) is 23.0. The van der Waals surface area contributed by atoms with Crippen molar-refractivity contribution in [2.45, 2.75) is 24.3 Å². The van der Waals surface area contributed by atoms with Crippen LogP contribution < -0.4 is 5.32 Å². The lowest BCUT2D eigenvalue weighted by atomic mass is 9.97. The lowest BCUT2D eigenvalue weighted by Gasteiger charge is -2.50. The second-order valence-electron chi connectivity index (χ2n) is 6.83. The molecule has 0 bridgehead atoms. The van der Waals surface area contributed by atoms with E-state index in [-0.39, 0.29) is 23.5 Å². The van der Waals surface area contributed by atoms with E-state index >= 15 is 0 Å². The Balaban J connectivity index is 1.81. The number of carbonyl (C=O) groups is 4. The number of nitrogens with zero attached hydrogens (tertiary/aromatic N) is 1. The molecule has 1 unspecified atom stereocenters. The van der Waals surface area contributed by atoms with E-state index in [4.69, 9.17) is 4.74 Å². The Morgan fingerprint density at radius 2 is 1.94 bits per heavy atom. The highest BCUT2D eigenvalue weighted by molar-refractivity contribution is 8.00. The van der Waals surface area contributed by atoms with Crippen LogP contribution in [0.25, 0.3) is 0 Å². The molecule has 2 amide bonds. The molecule has 31 heavy (non-hydrogen) atoms. The summed E-state index contributed by atoms with van der Waals surface area (Å²) in [5.41, 5.74) is -0.228. The molecule has 0 spiro atoms. The second kappa shape index (κ2) is 8.83. The molecule has 1 aromatic carbocycles. The number of ether oxygens (including phenoxy) is 1. The molecule has 4 N–H and O–H groups in total. The second-order valence-corrected chi connectivity index (χ2v) is 9.45. The Hall–Kier alpha value is -2.66. The van der Waals surface area contributed by atoms with Crippen LogP contribution in [0.1, 0.15) is 18.4 Å². The minimum Gasteiger partial charge on any atom is -0.480 e. The fourth-order valence-electron chi connectivity index (χ4n) is 3.34. The van der Waals surface area contributed by atoms with Crippen molar-refractivity contribution in [1.29, 1.82) is 0 Å². The largest absolute Gasteiger partial charge is 0.480 e. The summed E-state index contributed by atoms with van der Waals surface area (Å²) in [5, 5.41) is 11.0. The first-order valence-corrected chi connectivity index (χ1v) is 11.6. The number of benzene rings is 1. The molecule has 1 aromatic rings. The number of thioether (sulfide) groups is 1. The number of amides is 2. The summed E-state index contributed by atoms with van der Waals surface area (Å²) < 4.78 is 16.8. The van der Waals surface area contributed by atoms with Gasteiger partial charge >= 0.3 is 19.5 Å². The molecule has 1 fully saturated rings. The molecule has 0 aliphatic carbocycles. The van der Waals surface area contributed by atoms with Gasteiger partial charge in [-0.05, 0) is 5.56 Å². The fraction of sp³-hybridized carbons (Fsp3) is 0.333. The third-order valence-corrected chi connectivity index (χ3v) is 7.10. The summed E-state index contributed by atoms with van der Waals surface area (Å²) in [6, 6.07) is 6.60. The normalized spacial score (nSPS) is 21.6. The highest BCUT2D eigenvalue weighted by Gasteiger charge is 2.56. The van der Waals surface area contributed by atoms with E-state index in [1.165, 1.54) is 12.1 Å². The molecular weight excluding hydrogens is 451 g/mol. The summed E-state index contributed by atoms with van der Waals surface area (Å²) in [5.74, 6) is -5.25. The third-order valence-electron chi connectivity index (χ3n) is 4.68. The van der Waals surface area contributed by atoms with Crippen LogP contribution in [-0.2, 0) is 28.5 Å². The zero-order valence-electron chi connectivity index (χ0n) is 16.1. The number of hydrogen-bond acceptors (Lipinski definition) is 7. The summed E-state index contributed by atoms with van der Waals surface area (Å²) in [4.78, 5) is 68.3. The van der Waals surface area contributed by atoms with Crippen LogP contribution >= 0.6 is 19.4 Å². The Morgan fingerprint density at radius 3 is 2.48 bits per heavy atom. The summed E-state index contributed by atoms with van der Waals surface area (Å²) in [6.07, 6.45) is 0. The topological polar surface area (TPSA) is 171 Å². The number of β-lactam (4-membered cyclic amide) rings is 1. The van der Waals surface area contributed by atoms with E-state index in [9.17, 15) is 38.6 Å². The van der Waals surface area contributed by atoms with E-state index in [1.807, 2.05) is 0 Å². The van der Waals surface area contributed by atoms with Gasteiger partial charge in [0.15, 0.2) is 5.92 Å². The van der Waals surface area contributed by atoms with Gasteiger partial charge < -0.3 is 24.9 Å². The number of carboxylic acids is 1. The van der Waals surface area contributed by atoms with Gasteiger partial charge in [0.25, 0.3) is 5.91 Å². The summed E-state index contributed by atoms with van der Waals surface area (Å²) in [7, 11) is -4.91. The van der Waals surface area contributed by atoms with Gasteiger partial charge in [-0.3, -0.25) is 28.6 Å². The first-order chi connectivity index (χ1) is 14.5. The van der Waals surface area contributed by atoms with Crippen LogP contribution in [-0.4, -0.2) is 67.3 Å². The SMILES string of the molecule is CC(=O)OCC1=C(P(=O)(O)O)N2C(=O)[C@@H](NC(=O)C(C(=O)O)c3ccccc3)[C@@H]2SC1. The smallest absolute Gasteiger partial charge is 0.372 e. The van der Waals surface area contributed by atoms with Crippen molar-refractivity contribution >= 4 is 43.1 Å². The molecular formula is C18H19N2O9PS. The molecule has 2 aliphatic rings. The standard InChI is InChI=1S/C18H19N2O9PS/c1-9(21)29-7-11-8-31-17-13(15(23)20(17)16(11)30(26,27)28)19-14(22)12(18(24)25)10-5-3-2-4-6-10/h2-6,12-13,17H,7-8H2,1H3,(H,19,22)(H,24,25)(H2,26,27,28)/t12?,13-,17+/m1/s1. The van der Waals surface area contributed by atoms with Crippen molar-refractivity contribution in [3.8, 4) is 0 Å². The maximum absolute atomic E-state index is 12.7. The van der Waals surface area contributed by atoms with Gasteiger partial charge in [0.2, 0.25) is 5.91 Å². The van der Waals surface area contributed by atoms with Crippen molar-refractivity contribution in [2.24, 2.45) is 0 Å². The Morgan fingerprint density at radius 1 is 1.29 bits per heavy atom. The average molecular weight is 470 g/mol. The Kier molecular flexibility index (Phi) is 6.56. The van der Waals surface area contributed by atoms with E-state index in [1.54, 1.807) is 18.2 Å². The number of esters is 1. The Bertz CT molecular complexity index is 1010. The molecule has 2 heterocycles. The number of carboxylic acid groups (broad SMARTS) is 1. The minimum atomic E-state index is -4.91. The highest BCUT2D eigenvalue weighted by Crippen LogP contribution is 2.55. The van der Waals surface area contributed by atoms with Crippen molar-refractivity contribution in [1.82, 2.24) is 10.2 Å². The molecule has 0 aromatic heterocycles. The maximum Gasteiger partial charge on any atom is 0.372 e. The number of nitrogens with one attached hydrogen (secondary N) is 1. The number of carbonyl (C=O) groups excluding carboxylic acids is 3. The fourth-order valence-corrected chi connectivity index (χ4v) is 5.91. The van der Waals surface area contributed by atoms with Gasteiger partial charge in [-0.1, -0.05) is 30.3 Å².